The Morgan fingerprint density at radius 2 is 2.04 bits per heavy atom. The van der Waals surface area contributed by atoms with E-state index in [0.717, 1.165) is 29.0 Å². The van der Waals surface area contributed by atoms with Crippen LogP contribution >= 0.6 is 22.9 Å². The third-order valence-electron chi connectivity index (χ3n) is 3.31. The first-order valence-electron chi connectivity index (χ1n) is 6.88. The summed E-state index contributed by atoms with van der Waals surface area (Å²) in [7, 11) is -3.78. The predicted molar refractivity (Wildman–Crippen MR) is 93.0 cm³/mol. The van der Waals surface area contributed by atoms with Crippen LogP contribution in [-0.2, 0) is 16.6 Å². The lowest BCUT2D eigenvalue weighted by Gasteiger charge is -2.08. The highest BCUT2D eigenvalue weighted by Crippen LogP contribution is 2.22. The molecule has 0 saturated carbocycles. The lowest BCUT2D eigenvalue weighted by atomic mass is 10.1. The van der Waals surface area contributed by atoms with E-state index >= 15 is 0 Å². The van der Waals surface area contributed by atoms with Gasteiger partial charge in [0.25, 0.3) is 0 Å². The number of benzene rings is 1. The number of rotatable bonds is 5. The normalized spacial score (nSPS) is 11.6. The molecule has 0 radical (unpaired) electrons. The second-order valence-electron chi connectivity index (χ2n) is 4.96. The van der Waals surface area contributed by atoms with Crippen molar-refractivity contribution in [2.24, 2.45) is 0 Å². The van der Waals surface area contributed by atoms with Gasteiger partial charge in [-0.2, -0.15) is 11.3 Å². The van der Waals surface area contributed by atoms with E-state index in [4.69, 9.17) is 11.6 Å². The van der Waals surface area contributed by atoms with Gasteiger partial charge in [0.15, 0.2) is 0 Å². The van der Waals surface area contributed by atoms with Gasteiger partial charge in [0.05, 0.1) is 15.6 Å². The maximum absolute atomic E-state index is 13.2. The minimum Gasteiger partial charge on any atom is -0.256 e. The monoisotopic (exact) mass is 382 g/mol. The first kappa shape index (κ1) is 17.0. The van der Waals surface area contributed by atoms with Crippen molar-refractivity contribution in [3.05, 3.63) is 69.8 Å². The molecule has 0 spiro atoms. The maximum atomic E-state index is 13.2. The smallest absolute Gasteiger partial charge is 0.240 e. The zero-order chi connectivity index (χ0) is 17.2. The molecule has 24 heavy (non-hydrogen) atoms. The van der Waals surface area contributed by atoms with Crippen molar-refractivity contribution in [2.75, 3.05) is 0 Å². The molecule has 0 aliphatic rings. The number of thiophene rings is 1. The Labute approximate surface area is 148 Å². The first-order valence-corrected chi connectivity index (χ1v) is 9.68. The van der Waals surface area contributed by atoms with Crippen molar-refractivity contribution in [1.82, 2.24) is 9.71 Å². The Balaban J connectivity index is 1.77. The van der Waals surface area contributed by atoms with Crippen LogP contribution in [0, 0.1) is 5.82 Å². The van der Waals surface area contributed by atoms with Gasteiger partial charge in [-0.15, -0.1) is 0 Å². The van der Waals surface area contributed by atoms with Gasteiger partial charge in [0.2, 0.25) is 10.0 Å². The molecule has 0 bridgehead atoms. The van der Waals surface area contributed by atoms with Crippen LogP contribution in [-0.4, -0.2) is 13.4 Å². The summed E-state index contributed by atoms with van der Waals surface area (Å²) in [6.45, 7) is 0.0942. The summed E-state index contributed by atoms with van der Waals surface area (Å²) < 4.78 is 40.2. The van der Waals surface area contributed by atoms with E-state index in [1.54, 1.807) is 23.6 Å². The number of aromatic nitrogens is 1. The van der Waals surface area contributed by atoms with Gasteiger partial charge in [-0.3, -0.25) is 4.98 Å². The standard InChI is InChI=1S/C16H12ClFN2O2S2/c17-14-8-13(1-2-15(14)18)24(21,22)20-9-11-3-5-19-16(7-11)12-4-6-23-10-12/h1-8,10,20H,9H2. The molecule has 0 aliphatic carbocycles. The minimum absolute atomic E-state index is 0.0824. The van der Waals surface area contributed by atoms with Gasteiger partial charge in [-0.1, -0.05) is 11.6 Å². The topological polar surface area (TPSA) is 59.1 Å². The van der Waals surface area contributed by atoms with Crippen molar-refractivity contribution >= 4 is 33.0 Å². The van der Waals surface area contributed by atoms with Crippen LogP contribution in [0.2, 0.25) is 5.02 Å². The Bertz CT molecular complexity index is 960. The van der Waals surface area contributed by atoms with Crippen LogP contribution in [0.15, 0.2) is 58.3 Å². The summed E-state index contributed by atoms with van der Waals surface area (Å²) in [6.07, 6.45) is 1.63. The summed E-state index contributed by atoms with van der Waals surface area (Å²) in [5, 5.41) is 3.68. The molecule has 3 rings (SSSR count). The average molecular weight is 383 g/mol. The van der Waals surface area contributed by atoms with E-state index in [2.05, 4.69) is 9.71 Å². The Morgan fingerprint density at radius 1 is 1.21 bits per heavy atom. The lowest BCUT2D eigenvalue weighted by Crippen LogP contribution is -2.23. The summed E-state index contributed by atoms with van der Waals surface area (Å²) in [5.41, 5.74) is 2.52. The SMILES string of the molecule is O=S(=O)(NCc1ccnc(-c2ccsc2)c1)c1ccc(F)c(Cl)c1. The van der Waals surface area contributed by atoms with Gasteiger partial charge in [-0.05, 0) is 47.3 Å². The fourth-order valence-electron chi connectivity index (χ4n) is 2.06. The zero-order valence-electron chi connectivity index (χ0n) is 12.2. The van der Waals surface area contributed by atoms with E-state index in [-0.39, 0.29) is 16.5 Å². The Kier molecular flexibility index (Phi) is 4.96. The fourth-order valence-corrected chi connectivity index (χ4v) is 4.00. The largest absolute Gasteiger partial charge is 0.256 e. The second-order valence-corrected chi connectivity index (χ2v) is 7.92. The van der Waals surface area contributed by atoms with Gasteiger partial charge in [-0.25, -0.2) is 17.5 Å². The summed E-state index contributed by atoms with van der Waals surface area (Å²) in [6, 6.07) is 8.78. The molecule has 4 nitrogen and oxygen atoms in total. The molecule has 2 heterocycles. The Morgan fingerprint density at radius 3 is 2.75 bits per heavy atom. The average Bonchev–Trinajstić information content (AvgIpc) is 3.10. The van der Waals surface area contributed by atoms with Gasteiger partial charge in [0.1, 0.15) is 5.82 Å². The molecule has 0 aliphatic heterocycles. The molecule has 3 aromatic rings. The van der Waals surface area contributed by atoms with E-state index in [0.29, 0.717) is 0 Å². The molecule has 1 aromatic carbocycles. The lowest BCUT2D eigenvalue weighted by molar-refractivity contribution is 0.580. The zero-order valence-corrected chi connectivity index (χ0v) is 14.6. The molecule has 0 unspecified atom stereocenters. The van der Waals surface area contributed by atoms with Crippen LogP contribution in [0.5, 0.6) is 0 Å². The van der Waals surface area contributed by atoms with Crippen LogP contribution in [0.1, 0.15) is 5.56 Å². The van der Waals surface area contributed by atoms with E-state index in [1.807, 2.05) is 22.9 Å². The maximum Gasteiger partial charge on any atom is 0.240 e. The van der Waals surface area contributed by atoms with Crippen molar-refractivity contribution in [1.29, 1.82) is 0 Å². The van der Waals surface area contributed by atoms with Crippen LogP contribution in [0.3, 0.4) is 0 Å². The number of nitrogens with one attached hydrogen (secondary N) is 1. The highest BCUT2D eigenvalue weighted by Gasteiger charge is 2.15. The number of sulfonamides is 1. The van der Waals surface area contributed by atoms with Gasteiger partial charge < -0.3 is 0 Å². The quantitative estimate of drug-likeness (QED) is 0.723. The predicted octanol–water partition coefficient (Wildman–Crippen LogP) is 4.08. The second kappa shape index (κ2) is 6.98. The molecule has 124 valence electrons. The van der Waals surface area contributed by atoms with E-state index in [9.17, 15) is 12.8 Å². The van der Waals surface area contributed by atoms with Gasteiger partial charge in [0, 0.05) is 23.7 Å². The number of hydrogen-bond acceptors (Lipinski definition) is 4. The van der Waals surface area contributed by atoms with Crippen molar-refractivity contribution in [2.45, 2.75) is 11.4 Å². The third kappa shape index (κ3) is 3.81. The molecule has 1 N–H and O–H groups in total. The molecule has 2 aromatic heterocycles. The fraction of sp³-hybridized carbons (Fsp3) is 0.0625. The van der Waals surface area contributed by atoms with Crippen LogP contribution < -0.4 is 4.72 Å². The first-order chi connectivity index (χ1) is 11.5. The minimum atomic E-state index is -3.78. The molecule has 0 fully saturated rings. The number of hydrogen-bond donors (Lipinski definition) is 1. The summed E-state index contributed by atoms with van der Waals surface area (Å²) in [5.74, 6) is -0.662. The highest BCUT2D eigenvalue weighted by atomic mass is 35.5. The number of pyridine rings is 1. The van der Waals surface area contributed by atoms with E-state index in [1.165, 1.54) is 6.07 Å². The molecule has 8 heteroatoms. The molecule has 0 amide bonds. The van der Waals surface area contributed by atoms with Crippen molar-refractivity contribution in [3.63, 3.8) is 0 Å². The third-order valence-corrected chi connectivity index (χ3v) is 5.68. The number of halogens is 2. The Hall–Kier alpha value is -1.80. The van der Waals surface area contributed by atoms with Crippen molar-refractivity contribution in [3.8, 4) is 11.3 Å². The highest BCUT2D eigenvalue weighted by molar-refractivity contribution is 7.89. The summed E-state index contributed by atoms with van der Waals surface area (Å²) >= 11 is 7.20. The molecular formula is C16H12ClFN2O2S2. The van der Waals surface area contributed by atoms with Crippen LogP contribution in [0.4, 0.5) is 4.39 Å². The molecule has 0 saturated heterocycles. The summed E-state index contributed by atoms with van der Waals surface area (Å²) in [4.78, 5) is 4.19. The van der Waals surface area contributed by atoms with E-state index < -0.39 is 15.8 Å². The van der Waals surface area contributed by atoms with Crippen molar-refractivity contribution < 1.29 is 12.8 Å². The van der Waals surface area contributed by atoms with Gasteiger partial charge >= 0.3 is 0 Å². The molecular weight excluding hydrogens is 371 g/mol. The molecule has 0 atom stereocenters. The number of nitrogens with zero attached hydrogens (tertiary/aromatic N) is 1. The van der Waals surface area contributed by atoms with Crippen LogP contribution in [0.25, 0.3) is 11.3 Å².